The molecule has 2 rings (SSSR count). The molecule has 0 aliphatic carbocycles. The predicted octanol–water partition coefficient (Wildman–Crippen LogP) is 3.65. The van der Waals surface area contributed by atoms with E-state index in [2.05, 4.69) is 32.9 Å². The van der Waals surface area contributed by atoms with E-state index in [1.54, 1.807) is 18.3 Å². The van der Waals surface area contributed by atoms with Crippen LogP contribution in [0.4, 0.5) is 5.69 Å². The number of aryl methyl sites for hydroxylation is 1. The van der Waals surface area contributed by atoms with Crippen molar-refractivity contribution in [3.63, 3.8) is 0 Å². The summed E-state index contributed by atoms with van der Waals surface area (Å²) in [6.07, 6.45) is 1.61. The molecule has 0 fully saturated rings. The number of pyridine rings is 1. The second kappa shape index (κ2) is 6.69. The lowest BCUT2D eigenvalue weighted by atomic mass is 10.2. The molecule has 20 heavy (non-hydrogen) atoms. The van der Waals surface area contributed by atoms with Gasteiger partial charge in [0.15, 0.2) is 0 Å². The van der Waals surface area contributed by atoms with E-state index in [-0.39, 0.29) is 5.91 Å². The molecule has 5 heteroatoms. The Kier molecular flexibility index (Phi) is 4.94. The Morgan fingerprint density at radius 1 is 1.40 bits per heavy atom. The van der Waals surface area contributed by atoms with Crippen LogP contribution in [0, 0.1) is 10.5 Å². The van der Waals surface area contributed by atoms with E-state index in [0.717, 1.165) is 9.26 Å². The first-order valence-corrected chi connectivity index (χ1v) is 7.35. The Balaban J connectivity index is 2.21. The first kappa shape index (κ1) is 14.8. The summed E-state index contributed by atoms with van der Waals surface area (Å²) in [5.41, 5.74) is 2.38. The molecule has 1 amide bonds. The van der Waals surface area contributed by atoms with Crippen molar-refractivity contribution in [2.75, 3.05) is 11.9 Å². The van der Waals surface area contributed by atoms with E-state index in [4.69, 9.17) is 4.74 Å². The Hall–Kier alpha value is -1.63. The summed E-state index contributed by atoms with van der Waals surface area (Å²) in [5, 5.41) is 2.86. The van der Waals surface area contributed by atoms with Gasteiger partial charge in [-0.2, -0.15) is 0 Å². The van der Waals surface area contributed by atoms with Gasteiger partial charge in [-0.15, -0.1) is 0 Å². The number of ether oxygens (including phenoxy) is 1. The van der Waals surface area contributed by atoms with E-state index in [1.165, 1.54) is 5.56 Å². The number of nitrogens with one attached hydrogen (secondary N) is 1. The van der Waals surface area contributed by atoms with Crippen LogP contribution < -0.4 is 10.1 Å². The highest BCUT2D eigenvalue weighted by Gasteiger charge is 2.13. The molecule has 104 valence electrons. The van der Waals surface area contributed by atoms with Crippen molar-refractivity contribution >= 4 is 34.2 Å². The molecule has 0 atom stereocenters. The zero-order valence-corrected chi connectivity index (χ0v) is 13.5. The lowest BCUT2D eigenvalue weighted by Crippen LogP contribution is -2.14. The van der Waals surface area contributed by atoms with Crippen molar-refractivity contribution in [2.24, 2.45) is 0 Å². The quantitative estimate of drug-likeness (QED) is 0.822. The Morgan fingerprint density at radius 3 is 2.90 bits per heavy atom. The van der Waals surface area contributed by atoms with Gasteiger partial charge in [0.2, 0.25) is 5.88 Å². The Bertz CT molecular complexity index is 629. The molecule has 2 aromatic rings. The predicted molar refractivity (Wildman–Crippen MR) is 87.3 cm³/mol. The molecular formula is C15H15IN2O2. The van der Waals surface area contributed by atoms with E-state index in [0.29, 0.717) is 18.1 Å². The van der Waals surface area contributed by atoms with E-state index in [9.17, 15) is 4.79 Å². The minimum absolute atomic E-state index is 0.221. The minimum Gasteiger partial charge on any atom is -0.477 e. The minimum atomic E-state index is -0.221. The maximum absolute atomic E-state index is 12.3. The van der Waals surface area contributed by atoms with E-state index < -0.39 is 0 Å². The molecule has 0 saturated heterocycles. The second-order valence-electron chi connectivity index (χ2n) is 4.21. The average molecular weight is 382 g/mol. The number of carbonyl (C=O) groups is 1. The number of hydrogen-bond acceptors (Lipinski definition) is 3. The van der Waals surface area contributed by atoms with Gasteiger partial charge in [-0.25, -0.2) is 4.98 Å². The van der Waals surface area contributed by atoms with Crippen molar-refractivity contribution < 1.29 is 9.53 Å². The third-order valence-corrected chi connectivity index (χ3v) is 3.89. The summed E-state index contributed by atoms with van der Waals surface area (Å²) in [6, 6.07) is 9.21. The summed E-state index contributed by atoms with van der Waals surface area (Å²) in [4.78, 5) is 16.4. The number of hydrogen-bond donors (Lipinski definition) is 1. The summed E-state index contributed by atoms with van der Waals surface area (Å²) in [6.45, 7) is 4.36. The van der Waals surface area contributed by atoms with Gasteiger partial charge in [-0.05, 0) is 66.3 Å². The van der Waals surface area contributed by atoms with Crippen LogP contribution in [0.5, 0.6) is 5.88 Å². The van der Waals surface area contributed by atoms with Gasteiger partial charge in [0, 0.05) is 15.5 Å². The fourth-order valence-corrected chi connectivity index (χ4v) is 2.20. The Labute approximate surface area is 131 Å². The molecule has 1 N–H and O–H groups in total. The molecule has 4 nitrogen and oxygen atoms in total. The van der Waals surface area contributed by atoms with Gasteiger partial charge < -0.3 is 10.1 Å². The molecule has 0 saturated carbocycles. The summed E-state index contributed by atoms with van der Waals surface area (Å²) >= 11 is 2.24. The maximum Gasteiger partial charge on any atom is 0.261 e. The monoisotopic (exact) mass is 382 g/mol. The molecule has 1 aromatic carbocycles. The highest BCUT2D eigenvalue weighted by atomic mass is 127. The second-order valence-corrected chi connectivity index (χ2v) is 5.37. The van der Waals surface area contributed by atoms with E-state index in [1.807, 2.05) is 32.0 Å². The van der Waals surface area contributed by atoms with Crippen LogP contribution in [-0.4, -0.2) is 17.5 Å². The van der Waals surface area contributed by atoms with Crippen molar-refractivity contribution in [1.82, 2.24) is 4.98 Å². The van der Waals surface area contributed by atoms with Crippen LogP contribution in [-0.2, 0) is 0 Å². The third kappa shape index (κ3) is 3.47. The number of amides is 1. The standard InChI is InChI=1S/C15H15IN2O2/c1-3-20-15-12(5-4-8-17-15)14(19)18-11-7-6-10(2)13(16)9-11/h4-9H,3H2,1-2H3,(H,18,19). The number of rotatable bonds is 4. The highest BCUT2D eigenvalue weighted by Crippen LogP contribution is 2.20. The number of carbonyl (C=O) groups excluding carboxylic acids is 1. The first-order valence-electron chi connectivity index (χ1n) is 6.27. The number of aromatic nitrogens is 1. The molecule has 0 spiro atoms. The normalized spacial score (nSPS) is 10.2. The van der Waals surface area contributed by atoms with Crippen LogP contribution >= 0.6 is 22.6 Å². The van der Waals surface area contributed by atoms with Gasteiger partial charge in [-0.1, -0.05) is 6.07 Å². The van der Waals surface area contributed by atoms with Gasteiger partial charge in [-0.3, -0.25) is 4.79 Å². The van der Waals surface area contributed by atoms with Crippen molar-refractivity contribution in [3.8, 4) is 5.88 Å². The number of halogens is 1. The molecule has 1 aromatic heterocycles. The molecule has 0 bridgehead atoms. The molecule has 0 radical (unpaired) electrons. The van der Waals surface area contributed by atoms with Crippen molar-refractivity contribution in [1.29, 1.82) is 0 Å². The summed E-state index contributed by atoms with van der Waals surface area (Å²) < 4.78 is 6.47. The van der Waals surface area contributed by atoms with Crippen LogP contribution in [0.1, 0.15) is 22.8 Å². The van der Waals surface area contributed by atoms with Gasteiger partial charge in [0.1, 0.15) is 5.56 Å². The van der Waals surface area contributed by atoms with E-state index >= 15 is 0 Å². The lowest BCUT2D eigenvalue weighted by Gasteiger charge is -2.10. The van der Waals surface area contributed by atoms with Gasteiger partial charge in [0.05, 0.1) is 6.61 Å². The van der Waals surface area contributed by atoms with Gasteiger partial charge in [0.25, 0.3) is 5.91 Å². The summed E-state index contributed by atoms with van der Waals surface area (Å²) in [7, 11) is 0. The third-order valence-electron chi connectivity index (χ3n) is 2.73. The van der Waals surface area contributed by atoms with Crippen LogP contribution in [0.25, 0.3) is 0 Å². The molecule has 1 heterocycles. The maximum atomic E-state index is 12.3. The van der Waals surface area contributed by atoms with Gasteiger partial charge >= 0.3 is 0 Å². The zero-order chi connectivity index (χ0) is 14.5. The molecule has 0 aliphatic heterocycles. The van der Waals surface area contributed by atoms with Crippen LogP contribution in [0.15, 0.2) is 36.5 Å². The highest BCUT2D eigenvalue weighted by molar-refractivity contribution is 14.1. The fraction of sp³-hybridized carbons (Fsp3) is 0.200. The number of benzene rings is 1. The smallest absolute Gasteiger partial charge is 0.261 e. The largest absolute Gasteiger partial charge is 0.477 e. The van der Waals surface area contributed by atoms with Crippen molar-refractivity contribution in [3.05, 3.63) is 51.2 Å². The van der Waals surface area contributed by atoms with Crippen LogP contribution in [0.3, 0.4) is 0 Å². The molecule has 0 unspecified atom stereocenters. The topological polar surface area (TPSA) is 51.2 Å². The first-order chi connectivity index (χ1) is 9.61. The SMILES string of the molecule is CCOc1ncccc1C(=O)Nc1ccc(C)c(I)c1. The molecular weight excluding hydrogens is 367 g/mol. The zero-order valence-electron chi connectivity index (χ0n) is 11.3. The fourth-order valence-electron chi connectivity index (χ4n) is 1.68. The number of anilines is 1. The average Bonchev–Trinajstić information content (AvgIpc) is 2.44. The molecule has 0 aliphatic rings. The van der Waals surface area contributed by atoms with Crippen LogP contribution in [0.2, 0.25) is 0 Å². The van der Waals surface area contributed by atoms with Crippen molar-refractivity contribution in [2.45, 2.75) is 13.8 Å². The Morgan fingerprint density at radius 2 is 2.20 bits per heavy atom. The lowest BCUT2D eigenvalue weighted by molar-refractivity contribution is 0.102. The number of nitrogens with zero attached hydrogens (tertiary/aromatic N) is 1. The summed E-state index contributed by atoms with van der Waals surface area (Å²) in [5.74, 6) is 0.135.